The Morgan fingerprint density at radius 2 is 1.59 bits per heavy atom. The first-order valence-corrected chi connectivity index (χ1v) is 13.9. The zero-order valence-electron chi connectivity index (χ0n) is 23.5. The van der Waals surface area contributed by atoms with Crippen LogP contribution in [0.5, 0.6) is 0 Å². The van der Waals surface area contributed by atoms with Crippen LogP contribution in [0.2, 0.25) is 0 Å². The van der Waals surface area contributed by atoms with Crippen molar-refractivity contribution in [2.45, 2.75) is 58.7 Å². The number of benzene rings is 2. The van der Waals surface area contributed by atoms with Gasteiger partial charge in [-0.3, -0.25) is 9.40 Å². The van der Waals surface area contributed by atoms with Gasteiger partial charge in [0.1, 0.15) is 0 Å². The van der Waals surface area contributed by atoms with Gasteiger partial charge >= 0.3 is 18.1 Å². The molecule has 0 aliphatic rings. The summed E-state index contributed by atoms with van der Waals surface area (Å²) in [7, 11) is -2.03. The number of nitrogens with one attached hydrogen (secondary N) is 1. The van der Waals surface area contributed by atoms with Crippen molar-refractivity contribution in [2.24, 2.45) is 0 Å². The molecule has 0 radical (unpaired) electrons. The highest BCUT2D eigenvalue weighted by Gasteiger charge is 2.38. The van der Waals surface area contributed by atoms with E-state index in [-0.39, 0.29) is 16.1 Å². The van der Waals surface area contributed by atoms with E-state index in [9.17, 15) is 31.5 Å². The molecule has 0 fully saturated rings. The van der Waals surface area contributed by atoms with Crippen molar-refractivity contribution >= 4 is 33.3 Å². The lowest BCUT2D eigenvalue weighted by Gasteiger charge is -2.22. The number of halogens is 3. The number of carboxylic acid groups (broad SMARTS) is 2. The number of nitrogens with zero attached hydrogens (tertiary/aromatic N) is 3. The molecule has 0 spiro atoms. The van der Waals surface area contributed by atoms with E-state index < -0.39 is 28.1 Å². The second-order valence-corrected chi connectivity index (χ2v) is 11.1. The Kier molecular flexibility index (Phi) is 10.6. The number of anilines is 2. The normalized spacial score (nSPS) is 11.4. The first-order chi connectivity index (χ1) is 18.9. The van der Waals surface area contributed by atoms with Gasteiger partial charge < -0.3 is 15.1 Å². The van der Waals surface area contributed by atoms with Gasteiger partial charge in [0, 0.05) is 31.5 Å². The Balaban J connectivity index is 0.000000745. The van der Waals surface area contributed by atoms with Crippen LogP contribution in [-0.4, -0.2) is 60.1 Å². The minimum atomic E-state index is -5.08. The molecule has 224 valence electrons. The largest absolute Gasteiger partial charge is 0.490 e. The maximum absolute atomic E-state index is 12.9. The number of carbonyl (C=O) groups is 2. The first kappa shape index (κ1) is 33.1. The quantitative estimate of drug-likeness (QED) is 0.314. The van der Waals surface area contributed by atoms with Crippen molar-refractivity contribution in [1.82, 2.24) is 9.78 Å². The Morgan fingerprint density at radius 3 is 2.05 bits per heavy atom. The van der Waals surface area contributed by atoms with E-state index in [0.717, 1.165) is 34.6 Å². The minimum Gasteiger partial charge on any atom is -0.478 e. The molecule has 0 saturated heterocycles. The highest BCUT2D eigenvalue weighted by Crippen LogP contribution is 2.27. The molecule has 0 aliphatic heterocycles. The van der Waals surface area contributed by atoms with Crippen LogP contribution in [-0.2, 0) is 27.8 Å². The number of sulfonamides is 1. The number of aromatic carboxylic acids is 1. The maximum Gasteiger partial charge on any atom is 0.490 e. The Hall–Kier alpha value is -4.07. The minimum absolute atomic E-state index is 0.0285. The molecule has 0 aliphatic carbocycles. The second-order valence-electron chi connectivity index (χ2n) is 9.41. The van der Waals surface area contributed by atoms with Crippen LogP contribution in [0.3, 0.4) is 0 Å². The molecular weight excluding hydrogens is 565 g/mol. The van der Waals surface area contributed by atoms with Crippen molar-refractivity contribution in [1.29, 1.82) is 0 Å². The number of aromatic nitrogens is 2. The Bertz CT molecular complexity index is 1510. The molecule has 3 N–H and O–H groups in total. The molecular formula is C27H33F3N4O6S. The maximum atomic E-state index is 12.9. The molecule has 3 rings (SSSR count). The summed E-state index contributed by atoms with van der Waals surface area (Å²) in [4.78, 5) is 22.9. The molecule has 41 heavy (non-hydrogen) atoms. The number of hydrogen-bond acceptors (Lipinski definition) is 6. The lowest BCUT2D eigenvalue weighted by atomic mass is 10.1. The topological polar surface area (TPSA) is 142 Å². The fraction of sp³-hybridized carbons (Fsp3) is 0.370. The van der Waals surface area contributed by atoms with Crippen LogP contribution >= 0.6 is 0 Å². The van der Waals surface area contributed by atoms with E-state index >= 15 is 0 Å². The van der Waals surface area contributed by atoms with Crippen molar-refractivity contribution in [3.05, 3.63) is 70.0 Å². The van der Waals surface area contributed by atoms with Crippen LogP contribution in [0.15, 0.2) is 41.3 Å². The number of alkyl halides is 3. The van der Waals surface area contributed by atoms with Crippen LogP contribution in [0.1, 0.15) is 45.4 Å². The van der Waals surface area contributed by atoms with Crippen molar-refractivity contribution in [2.75, 3.05) is 23.2 Å². The van der Waals surface area contributed by atoms with Gasteiger partial charge in [0.2, 0.25) is 0 Å². The van der Waals surface area contributed by atoms with E-state index in [2.05, 4.69) is 9.82 Å². The number of likely N-dealkylation sites (N-methyl/N-ethyl adjacent to an activating group) is 1. The van der Waals surface area contributed by atoms with Crippen LogP contribution in [0.25, 0.3) is 0 Å². The van der Waals surface area contributed by atoms with Gasteiger partial charge in [0.05, 0.1) is 21.8 Å². The summed E-state index contributed by atoms with van der Waals surface area (Å²) >= 11 is 0. The van der Waals surface area contributed by atoms with Gasteiger partial charge in [-0.05, 0) is 88.1 Å². The van der Waals surface area contributed by atoms with Crippen LogP contribution in [0, 0.1) is 27.7 Å². The highest BCUT2D eigenvalue weighted by atomic mass is 32.2. The standard InChI is InChI=1S/C25H32N4O4S.C2HF3O2/c1-7-29-19(5)22(18(4)26-29)10-11-28(6)24-9-8-20(15-23(24)25(30)31)27-34(32,33)21-13-16(2)12-17(3)14-21;3-2(4,5)1(6)7/h8-9,12-15,27H,7,10-11H2,1-6H3,(H,30,31);(H,6,7). The zero-order chi connectivity index (χ0) is 31.3. The van der Waals surface area contributed by atoms with Crippen LogP contribution < -0.4 is 9.62 Å². The van der Waals surface area contributed by atoms with Crippen molar-refractivity contribution in [3.63, 3.8) is 0 Å². The second kappa shape index (κ2) is 13.1. The lowest BCUT2D eigenvalue weighted by Crippen LogP contribution is -2.23. The van der Waals surface area contributed by atoms with E-state index in [1.165, 1.54) is 6.07 Å². The van der Waals surface area contributed by atoms with Gasteiger partial charge in [-0.1, -0.05) is 6.07 Å². The molecule has 2 aromatic carbocycles. The molecule has 0 bridgehead atoms. The molecule has 0 atom stereocenters. The third kappa shape index (κ3) is 8.71. The SMILES string of the molecule is CCn1nc(C)c(CCN(C)c2ccc(NS(=O)(=O)c3cc(C)cc(C)c3)cc2C(=O)O)c1C.O=C(O)C(F)(F)F. The predicted molar refractivity (Wildman–Crippen MR) is 148 cm³/mol. The Labute approximate surface area is 236 Å². The predicted octanol–water partition coefficient (Wildman–Crippen LogP) is 4.95. The first-order valence-electron chi connectivity index (χ1n) is 12.4. The molecule has 10 nitrogen and oxygen atoms in total. The molecule has 14 heteroatoms. The number of aryl methyl sites for hydroxylation is 4. The number of carboxylic acids is 2. The molecule has 0 saturated carbocycles. The monoisotopic (exact) mass is 598 g/mol. The zero-order valence-corrected chi connectivity index (χ0v) is 24.3. The summed E-state index contributed by atoms with van der Waals surface area (Å²) in [6.07, 6.45) is -4.37. The third-order valence-corrected chi connectivity index (χ3v) is 7.53. The molecule has 0 unspecified atom stereocenters. The summed E-state index contributed by atoms with van der Waals surface area (Å²) < 4.78 is 62.0. The third-order valence-electron chi connectivity index (χ3n) is 6.17. The van der Waals surface area contributed by atoms with Crippen LogP contribution in [0.4, 0.5) is 24.5 Å². The number of hydrogen-bond donors (Lipinski definition) is 3. The smallest absolute Gasteiger partial charge is 0.478 e. The van der Waals surface area contributed by atoms with Gasteiger partial charge in [0.15, 0.2) is 0 Å². The van der Waals surface area contributed by atoms with Crippen molar-refractivity contribution in [3.8, 4) is 0 Å². The lowest BCUT2D eigenvalue weighted by molar-refractivity contribution is -0.192. The van der Waals surface area contributed by atoms with E-state index in [4.69, 9.17) is 9.90 Å². The average molecular weight is 599 g/mol. The number of rotatable bonds is 9. The van der Waals surface area contributed by atoms with E-state index in [0.29, 0.717) is 18.7 Å². The summed E-state index contributed by atoms with van der Waals surface area (Å²) in [5.74, 6) is -3.88. The average Bonchev–Trinajstić information content (AvgIpc) is 3.13. The fourth-order valence-electron chi connectivity index (χ4n) is 4.21. The summed E-state index contributed by atoms with van der Waals surface area (Å²) in [6, 6.07) is 9.64. The van der Waals surface area contributed by atoms with Crippen molar-refractivity contribution < 1.29 is 41.4 Å². The Morgan fingerprint density at radius 1 is 1.02 bits per heavy atom. The van der Waals surface area contributed by atoms with Gasteiger partial charge in [-0.15, -0.1) is 0 Å². The molecule has 3 aromatic rings. The number of aliphatic carboxylic acids is 1. The fourth-order valence-corrected chi connectivity index (χ4v) is 5.45. The molecule has 1 aromatic heterocycles. The summed E-state index contributed by atoms with van der Waals surface area (Å²) in [5.41, 5.74) is 5.65. The molecule has 0 amide bonds. The van der Waals surface area contributed by atoms with Gasteiger partial charge in [0.25, 0.3) is 10.0 Å². The highest BCUT2D eigenvalue weighted by molar-refractivity contribution is 7.92. The van der Waals surface area contributed by atoms with Gasteiger partial charge in [-0.25, -0.2) is 18.0 Å². The van der Waals surface area contributed by atoms with E-state index in [1.807, 2.05) is 57.3 Å². The summed E-state index contributed by atoms with van der Waals surface area (Å²) in [5, 5.41) is 21.5. The molecule has 1 heterocycles. The van der Waals surface area contributed by atoms with E-state index in [1.54, 1.807) is 24.3 Å². The summed E-state index contributed by atoms with van der Waals surface area (Å²) in [6.45, 7) is 11.1. The van der Waals surface area contributed by atoms with Gasteiger partial charge in [-0.2, -0.15) is 18.3 Å².